The van der Waals surface area contributed by atoms with Gasteiger partial charge in [-0.15, -0.1) is 24.8 Å². The van der Waals surface area contributed by atoms with Crippen molar-refractivity contribution >= 4 is 54.1 Å². The van der Waals surface area contributed by atoms with E-state index in [9.17, 15) is 13.6 Å². The minimum Gasteiger partial charge on any atom is -0.369 e. The summed E-state index contributed by atoms with van der Waals surface area (Å²) in [6.45, 7) is 0. The number of rotatable bonds is 4. The number of urea groups is 1. The fourth-order valence-corrected chi connectivity index (χ4v) is 2.88. The van der Waals surface area contributed by atoms with Crippen LogP contribution in [0.15, 0.2) is 48.8 Å². The molecule has 4 aromatic rings. The van der Waals surface area contributed by atoms with Crippen LogP contribution in [0.5, 0.6) is 0 Å². The highest BCUT2D eigenvalue weighted by atomic mass is 35.5. The standard InChI is InChI=1S/C19H16F2N8O.2ClH/c20-10-3-9(15-7-24-17(22)28-15)4-12(5-10)27-19(30)26-11-1-2-13(14(21)6-11)16-8-25-18(23)29-16;;/h1-8H,(H3,22,24,28)(H3,23,25,29)(H2,26,27,30);2*1H. The molecule has 13 heteroatoms. The SMILES string of the molecule is Cl.Cl.Nc1ncc(-c2cc(F)cc(NC(=O)Nc3ccc(-c4cnc(N)[nH]4)c(F)c3)c2)[nH]1. The Bertz CT molecular complexity index is 1240. The molecule has 4 rings (SSSR count). The molecule has 2 aromatic heterocycles. The number of aromatic nitrogens is 4. The maximum Gasteiger partial charge on any atom is 0.323 e. The lowest BCUT2D eigenvalue weighted by molar-refractivity contribution is 0.262. The Labute approximate surface area is 192 Å². The van der Waals surface area contributed by atoms with Crippen molar-refractivity contribution in [2.45, 2.75) is 0 Å². The number of nitrogens with zero attached hydrogens (tertiary/aromatic N) is 2. The van der Waals surface area contributed by atoms with Gasteiger partial charge in [0.05, 0.1) is 23.8 Å². The van der Waals surface area contributed by atoms with E-state index < -0.39 is 17.7 Å². The van der Waals surface area contributed by atoms with Crippen molar-refractivity contribution in [2.24, 2.45) is 0 Å². The summed E-state index contributed by atoms with van der Waals surface area (Å²) in [4.78, 5) is 25.5. The average Bonchev–Trinajstić information content (AvgIpc) is 3.29. The van der Waals surface area contributed by atoms with Gasteiger partial charge >= 0.3 is 6.03 Å². The van der Waals surface area contributed by atoms with Crippen LogP contribution in [0, 0.1) is 11.6 Å². The third-order valence-corrected chi connectivity index (χ3v) is 4.17. The first-order chi connectivity index (χ1) is 14.4. The summed E-state index contributed by atoms with van der Waals surface area (Å²) in [6, 6.07) is 7.42. The predicted molar refractivity (Wildman–Crippen MR) is 124 cm³/mol. The van der Waals surface area contributed by atoms with E-state index in [1.807, 2.05) is 0 Å². The number of aromatic amines is 2. The molecule has 0 aliphatic rings. The van der Waals surface area contributed by atoms with Crippen molar-refractivity contribution in [3.63, 3.8) is 0 Å². The van der Waals surface area contributed by atoms with Gasteiger partial charge in [-0.1, -0.05) is 0 Å². The van der Waals surface area contributed by atoms with Gasteiger partial charge in [-0.2, -0.15) is 0 Å². The zero-order valence-corrected chi connectivity index (χ0v) is 17.8. The Morgan fingerprint density at radius 1 is 0.844 bits per heavy atom. The molecule has 0 atom stereocenters. The molecule has 2 amide bonds. The van der Waals surface area contributed by atoms with Crippen LogP contribution in [0.3, 0.4) is 0 Å². The number of hydrogen-bond acceptors (Lipinski definition) is 5. The molecule has 0 bridgehead atoms. The van der Waals surface area contributed by atoms with Crippen molar-refractivity contribution in [1.29, 1.82) is 0 Å². The van der Waals surface area contributed by atoms with Gasteiger partial charge < -0.3 is 32.1 Å². The second-order valence-electron chi connectivity index (χ2n) is 6.37. The van der Waals surface area contributed by atoms with Gasteiger partial charge in [0.1, 0.15) is 11.6 Å². The maximum absolute atomic E-state index is 14.4. The van der Waals surface area contributed by atoms with Crippen molar-refractivity contribution < 1.29 is 13.6 Å². The molecule has 2 heterocycles. The first-order valence-corrected chi connectivity index (χ1v) is 8.67. The summed E-state index contributed by atoms with van der Waals surface area (Å²) >= 11 is 0. The number of nitrogens with one attached hydrogen (secondary N) is 4. The smallest absolute Gasteiger partial charge is 0.323 e. The van der Waals surface area contributed by atoms with Gasteiger partial charge in [-0.05, 0) is 36.4 Å². The highest BCUT2D eigenvalue weighted by molar-refractivity contribution is 6.00. The summed E-state index contributed by atoms with van der Waals surface area (Å²) in [5, 5.41) is 5.00. The fourth-order valence-electron chi connectivity index (χ4n) is 2.88. The zero-order valence-electron chi connectivity index (χ0n) is 16.1. The maximum atomic E-state index is 14.4. The van der Waals surface area contributed by atoms with Crippen molar-refractivity contribution in [2.75, 3.05) is 22.1 Å². The number of H-pyrrole nitrogens is 2. The summed E-state index contributed by atoms with van der Waals surface area (Å²) in [5.74, 6) is -0.797. The molecule has 0 aliphatic carbocycles. The van der Waals surface area contributed by atoms with E-state index in [4.69, 9.17) is 11.5 Å². The van der Waals surface area contributed by atoms with E-state index in [1.165, 1.54) is 30.6 Å². The van der Waals surface area contributed by atoms with Gasteiger partial charge in [-0.3, -0.25) is 0 Å². The summed E-state index contributed by atoms with van der Waals surface area (Å²) in [7, 11) is 0. The van der Waals surface area contributed by atoms with Crippen LogP contribution in [0.4, 0.5) is 36.8 Å². The molecule has 0 spiro atoms. The molecule has 0 radical (unpaired) electrons. The topological polar surface area (TPSA) is 151 Å². The monoisotopic (exact) mass is 482 g/mol. The van der Waals surface area contributed by atoms with E-state index in [-0.39, 0.29) is 53.6 Å². The predicted octanol–water partition coefficient (Wildman–Crippen LogP) is 4.40. The van der Waals surface area contributed by atoms with E-state index in [2.05, 4.69) is 30.6 Å². The van der Waals surface area contributed by atoms with Crippen LogP contribution in [0.25, 0.3) is 22.5 Å². The van der Waals surface area contributed by atoms with Gasteiger partial charge in [-0.25, -0.2) is 23.5 Å². The fraction of sp³-hybridized carbons (Fsp3) is 0. The number of imidazole rings is 2. The first kappa shape index (κ1) is 24.4. The molecule has 0 saturated carbocycles. The number of benzene rings is 2. The normalized spacial score (nSPS) is 10.1. The Morgan fingerprint density at radius 2 is 1.47 bits per heavy atom. The van der Waals surface area contributed by atoms with Gasteiger partial charge in [0.15, 0.2) is 11.9 Å². The minimum atomic E-state index is -0.673. The number of halogens is 4. The van der Waals surface area contributed by atoms with Crippen molar-refractivity contribution in [3.8, 4) is 22.5 Å². The Kier molecular flexibility index (Phi) is 7.63. The second-order valence-corrected chi connectivity index (χ2v) is 6.37. The van der Waals surface area contributed by atoms with Crippen LogP contribution in [0.1, 0.15) is 0 Å². The summed E-state index contributed by atoms with van der Waals surface area (Å²) in [5.41, 5.74) is 13.0. The summed E-state index contributed by atoms with van der Waals surface area (Å²) in [6.07, 6.45) is 2.86. The van der Waals surface area contributed by atoms with Gasteiger partial charge in [0, 0.05) is 22.5 Å². The van der Waals surface area contributed by atoms with Gasteiger partial charge in [0.2, 0.25) is 0 Å². The number of anilines is 4. The number of amides is 2. The largest absolute Gasteiger partial charge is 0.369 e. The molecular weight excluding hydrogens is 465 g/mol. The third kappa shape index (κ3) is 5.45. The van der Waals surface area contributed by atoms with Crippen LogP contribution in [0.2, 0.25) is 0 Å². The van der Waals surface area contributed by atoms with E-state index in [0.717, 1.165) is 12.1 Å². The Balaban J connectivity index is 0.00000181. The van der Waals surface area contributed by atoms with E-state index in [1.54, 1.807) is 6.07 Å². The lowest BCUT2D eigenvalue weighted by atomic mass is 10.1. The number of nitrogens with two attached hydrogens (primary N) is 2. The molecule has 9 nitrogen and oxygen atoms in total. The molecule has 0 saturated heterocycles. The van der Waals surface area contributed by atoms with Crippen LogP contribution in [-0.2, 0) is 0 Å². The number of nitrogen functional groups attached to an aromatic ring is 2. The van der Waals surface area contributed by atoms with Crippen LogP contribution < -0.4 is 22.1 Å². The molecule has 168 valence electrons. The zero-order chi connectivity index (χ0) is 21.3. The quantitative estimate of drug-likeness (QED) is 0.254. The summed E-state index contributed by atoms with van der Waals surface area (Å²) < 4.78 is 28.3. The minimum absolute atomic E-state index is 0. The van der Waals surface area contributed by atoms with Crippen molar-refractivity contribution in [3.05, 3.63) is 60.4 Å². The van der Waals surface area contributed by atoms with E-state index >= 15 is 0 Å². The second kappa shape index (κ2) is 9.98. The van der Waals surface area contributed by atoms with Crippen LogP contribution in [-0.4, -0.2) is 26.0 Å². The molecule has 0 aliphatic heterocycles. The highest BCUT2D eigenvalue weighted by Gasteiger charge is 2.12. The van der Waals surface area contributed by atoms with Crippen LogP contribution >= 0.6 is 24.8 Å². The van der Waals surface area contributed by atoms with E-state index in [0.29, 0.717) is 17.0 Å². The lowest BCUT2D eigenvalue weighted by Gasteiger charge is -2.10. The molecule has 8 N–H and O–H groups in total. The Hall–Kier alpha value is -3.83. The highest BCUT2D eigenvalue weighted by Crippen LogP contribution is 2.26. The number of carbonyl (C=O) groups excluding carboxylic acids is 1. The lowest BCUT2D eigenvalue weighted by Crippen LogP contribution is -2.19. The van der Waals surface area contributed by atoms with Crippen molar-refractivity contribution in [1.82, 2.24) is 19.9 Å². The first-order valence-electron chi connectivity index (χ1n) is 8.67. The number of hydrogen-bond donors (Lipinski definition) is 6. The molecule has 32 heavy (non-hydrogen) atoms. The molecule has 0 unspecified atom stereocenters. The third-order valence-electron chi connectivity index (χ3n) is 4.17. The molecular formula is C19H18Cl2F2N8O. The molecule has 2 aromatic carbocycles. The number of carbonyl (C=O) groups is 1. The Morgan fingerprint density at radius 3 is 2.06 bits per heavy atom. The molecule has 0 fully saturated rings. The van der Waals surface area contributed by atoms with Gasteiger partial charge in [0.25, 0.3) is 0 Å². The average molecular weight is 483 g/mol.